The summed E-state index contributed by atoms with van der Waals surface area (Å²) in [6.07, 6.45) is 5.28. The second-order valence-electron chi connectivity index (χ2n) is 5.28. The van der Waals surface area contributed by atoms with Crippen LogP contribution in [0.5, 0.6) is 0 Å². The Bertz CT molecular complexity index is 736. The van der Waals surface area contributed by atoms with Crippen LogP contribution < -0.4 is 5.73 Å². The van der Waals surface area contributed by atoms with E-state index in [4.69, 9.17) is 15.0 Å². The van der Waals surface area contributed by atoms with Crippen LogP contribution in [0.3, 0.4) is 0 Å². The maximum Gasteiger partial charge on any atom is 0.471 e. The predicted molar refractivity (Wildman–Crippen MR) is 82.5 cm³/mol. The van der Waals surface area contributed by atoms with Gasteiger partial charge in [0, 0.05) is 13.3 Å². The van der Waals surface area contributed by atoms with Gasteiger partial charge in [0.1, 0.15) is 24.0 Å². The van der Waals surface area contributed by atoms with Gasteiger partial charge in [-0.05, 0) is 25.3 Å². The van der Waals surface area contributed by atoms with Gasteiger partial charge in [0.15, 0.2) is 0 Å². The number of nitrogens with two attached hydrogens (primary N) is 1. The molecule has 1 saturated heterocycles. The molecule has 2 aromatic heterocycles. The SMILES string of the molecule is COP(=O)(O)OCCC1CC[C@H](n2ccc3c(N)ncnc32)O1. The van der Waals surface area contributed by atoms with Crippen molar-refractivity contribution in [2.45, 2.75) is 31.6 Å². The fourth-order valence-electron chi connectivity index (χ4n) is 2.68. The lowest BCUT2D eigenvalue weighted by Crippen LogP contribution is -2.13. The standard InChI is InChI=1S/C13H19N4O5P/c1-20-23(18,19)21-7-5-9-2-3-11(22-9)17-6-4-10-12(14)15-8-16-13(10)17/h4,6,8-9,11H,2-3,5,7H2,1H3,(H,18,19)(H2,14,15,16)/t9?,11-/m1/s1. The molecule has 0 aromatic carbocycles. The molecule has 3 N–H and O–H groups in total. The number of ether oxygens (including phenoxy) is 1. The number of aromatic nitrogens is 3. The van der Waals surface area contributed by atoms with E-state index < -0.39 is 7.82 Å². The van der Waals surface area contributed by atoms with Gasteiger partial charge in [0.2, 0.25) is 0 Å². The van der Waals surface area contributed by atoms with Crippen LogP contribution >= 0.6 is 7.82 Å². The Balaban J connectivity index is 1.61. The minimum Gasteiger partial charge on any atom is -0.383 e. The molecule has 9 nitrogen and oxygen atoms in total. The summed E-state index contributed by atoms with van der Waals surface area (Å²) in [6, 6.07) is 1.87. The van der Waals surface area contributed by atoms with Crippen LogP contribution in [-0.2, 0) is 18.3 Å². The number of rotatable bonds is 6. The van der Waals surface area contributed by atoms with E-state index in [9.17, 15) is 9.46 Å². The highest BCUT2D eigenvalue weighted by Gasteiger charge is 2.28. The highest BCUT2D eigenvalue weighted by molar-refractivity contribution is 7.47. The molecule has 2 unspecified atom stereocenters. The van der Waals surface area contributed by atoms with Crippen LogP contribution in [0.15, 0.2) is 18.6 Å². The second-order valence-corrected chi connectivity index (χ2v) is 6.84. The van der Waals surface area contributed by atoms with Gasteiger partial charge in [0.05, 0.1) is 18.1 Å². The number of phosphoric acid groups is 1. The lowest BCUT2D eigenvalue weighted by Gasteiger charge is -2.16. The highest BCUT2D eigenvalue weighted by Crippen LogP contribution is 2.42. The van der Waals surface area contributed by atoms with E-state index in [1.807, 2.05) is 16.8 Å². The van der Waals surface area contributed by atoms with E-state index in [1.54, 1.807) is 0 Å². The molecular formula is C13H19N4O5P. The summed E-state index contributed by atoms with van der Waals surface area (Å²) in [5.41, 5.74) is 6.57. The predicted octanol–water partition coefficient (Wildman–Crippen LogP) is 1.84. The lowest BCUT2D eigenvalue weighted by molar-refractivity contribution is -0.00570. The van der Waals surface area contributed by atoms with Crippen LogP contribution in [0, 0.1) is 0 Å². The summed E-state index contributed by atoms with van der Waals surface area (Å²) in [7, 11) is -2.79. The molecule has 23 heavy (non-hydrogen) atoms. The molecule has 0 amide bonds. The first-order valence-electron chi connectivity index (χ1n) is 7.26. The first kappa shape index (κ1) is 16.4. The van der Waals surface area contributed by atoms with Crippen molar-refractivity contribution in [2.24, 2.45) is 0 Å². The molecular weight excluding hydrogens is 323 g/mol. The Morgan fingerprint density at radius 3 is 3.13 bits per heavy atom. The van der Waals surface area contributed by atoms with Crippen LogP contribution in [0.25, 0.3) is 11.0 Å². The third-order valence-electron chi connectivity index (χ3n) is 3.86. The Morgan fingerprint density at radius 2 is 2.35 bits per heavy atom. The largest absolute Gasteiger partial charge is 0.471 e. The summed E-state index contributed by atoms with van der Waals surface area (Å²) in [6.45, 7) is 0.0978. The van der Waals surface area contributed by atoms with Gasteiger partial charge < -0.3 is 19.9 Å². The van der Waals surface area contributed by atoms with Crippen LogP contribution in [0.1, 0.15) is 25.5 Å². The first-order valence-corrected chi connectivity index (χ1v) is 8.75. The number of hydrogen-bond donors (Lipinski definition) is 2. The maximum absolute atomic E-state index is 11.2. The van der Waals surface area contributed by atoms with Gasteiger partial charge in [-0.3, -0.25) is 9.05 Å². The topological polar surface area (TPSA) is 122 Å². The van der Waals surface area contributed by atoms with Crippen molar-refractivity contribution >= 4 is 24.7 Å². The number of phosphoric ester groups is 1. The van der Waals surface area contributed by atoms with Crippen molar-refractivity contribution in [2.75, 3.05) is 19.5 Å². The minimum atomic E-state index is -3.92. The molecule has 126 valence electrons. The van der Waals surface area contributed by atoms with Gasteiger partial charge in [-0.2, -0.15) is 0 Å². The van der Waals surface area contributed by atoms with E-state index >= 15 is 0 Å². The summed E-state index contributed by atoms with van der Waals surface area (Å²) in [5.74, 6) is 0.440. The smallest absolute Gasteiger partial charge is 0.383 e. The normalized spacial score (nSPS) is 24.1. The quantitative estimate of drug-likeness (QED) is 0.763. The molecule has 0 radical (unpaired) electrons. The minimum absolute atomic E-state index is 0.0477. The van der Waals surface area contributed by atoms with Gasteiger partial charge in [-0.1, -0.05) is 0 Å². The molecule has 1 fully saturated rings. The Morgan fingerprint density at radius 1 is 1.52 bits per heavy atom. The molecule has 0 aliphatic carbocycles. The third-order valence-corrected chi connectivity index (χ3v) is 4.83. The molecule has 3 atom stereocenters. The number of nitrogens with zero attached hydrogens (tertiary/aromatic N) is 3. The van der Waals surface area contributed by atoms with Crippen molar-refractivity contribution in [1.82, 2.24) is 14.5 Å². The van der Waals surface area contributed by atoms with Crippen molar-refractivity contribution in [3.8, 4) is 0 Å². The highest BCUT2D eigenvalue weighted by atomic mass is 31.2. The van der Waals surface area contributed by atoms with E-state index in [2.05, 4.69) is 14.5 Å². The van der Waals surface area contributed by atoms with Crippen molar-refractivity contribution in [3.05, 3.63) is 18.6 Å². The Kier molecular flexibility index (Phi) is 4.65. The molecule has 0 saturated carbocycles. The number of hydrogen-bond acceptors (Lipinski definition) is 7. The van der Waals surface area contributed by atoms with Crippen molar-refractivity contribution in [1.29, 1.82) is 0 Å². The van der Waals surface area contributed by atoms with Crippen molar-refractivity contribution in [3.63, 3.8) is 0 Å². The fourth-order valence-corrected chi connectivity index (χ4v) is 3.12. The van der Waals surface area contributed by atoms with E-state index in [0.29, 0.717) is 12.2 Å². The van der Waals surface area contributed by atoms with E-state index in [1.165, 1.54) is 6.33 Å². The zero-order chi connectivity index (χ0) is 16.4. The Hall–Kier alpha value is -1.51. The molecule has 3 rings (SSSR count). The van der Waals surface area contributed by atoms with Crippen molar-refractivity contribution < 1.29 is 23.2 Å². The van der Waals surface area contributed by atoms with Crippen LogP contribution in [0.2, 0.25) is 0 Å². The molecule has 3 heterocycles. The number of anilines is 1. The monoisotopic (exact) mass is 342 g/mol. The summed E-state index contributed by atoms with van der Waals surface area (Å²) >= 11 is 0. The van der Waals surface area contributed by atoms with Gasteiger partial charge in [0.25, 0.3) is 0 Å². The number of fused-ring (bicyclic) bond motifs is 1. The van der Waals surface area contributed by atoms with Gasteiger partial charge in [-0.25, -0.2) is 14.5 Å². The Labute approximate surface area is 133 Å². The third kappa shape index (κ3) is 3.54. The first-order chi connectivity index (χ1) is 11.0. The summed E-state index contributed by atoms with van der Waals surface area (Å²) in [5, 5.41) is 0.796. The lowest BCUT2D eigenvalue weighted by atomic mass is 10.2. The molecule has 1 aliphatic heterocycles. The fraction of sp³-hybridized carbons (Fsp3) is 0.538. The van der Waals surface area contributed by atoms with Gasteiger partial charge in [-0.15, -0.1) is 0 Å². The van der Waals surface area contributed by atoms with Gasteiger partial charge >= 0.3 is 7.82 Å². The zero-order valence-electron chi connectivity index (χ0n) is 12.7. The van der Waals surface area contributed by atoms with Crippen LogP contribution in [0.4, 0.5) is 5.82 Å². The maximum atomic E-state index is 11.2. The molecule has 2 aromatic rings. The number of nitrogen functional groups attached to an aromatic ring is 1. The van der Waals surface area contributed by atoms with E-state index in [-0.39, 0.29) is 18.9 Å². The van der Waals surface area contributed by atoms with E-state index in [0.717, 1.165) is 31.0 Å². The average molecular weight is 342 g/mol. The van der Waals surface area contributed by atoms with Crippen LogP contribution in [-0.4, -0.2) is 39.2 Å². The average Bonchev–Trinajstić information content (AvgIpc) is 3.14. The molecule has 0 bridgehead atoms. The summed E-state index contributed by atoms with van der Waals surface area (Å²) in [4.78, 5) is 17.4. The summed E-state index contributed by atoms with van der Waals surface area (Å²) < 4.78 is 28.3. The molecule has 0 spiro atoms. The molecule has 1 aliphatic rings. The molecule has 10 heteroatoms. The second kappa shape index (κ2) is 6.54. The zero-order valence-corrected chi connectivity index (χ0v) is 13.6.